The predicted octanol–water partition coefficient (Wildman–Crippen LogP) is -25.2. The SMILES string of the molecule is C[C@@]1(C(=O)O)OC[C@H]2O[C@@H](O[C@@H]3[C@@H](O[C@H]4[C@H](O[C@@H]5O[C@H](CO)[C@@H](O)[C@H](O[C@H]6O[C@H](CO)[C@@H](O)[C@H](O)[C@@H]6O[C@@H]6O[C@H](CO)[C@H](O)[C@H](O[C@@H]7O[C@H](C(=O)O)[C@@H](O[C@H]8O[C@H](CO)[C@@H](O)[C@H](O)[C@@H]8O[C@@H]8O[C@@H]9CO[C@@](C)(C(=O)O)O[C@H]9[C@H](O)[C@H]8O)[C@H](O[C@@H]8O[C@H](CO)[C@@H](O)[C@H](O[C@H]9O[C@H](CO)[C@@H](O)[C@H](O)[C@@H]9O)[C@H]8O)[C@H]7O)[C@H]6O)[C@H]5O)[C@@H](O)[C@H](O[C@@H]5[C@@H](O)[C@H](O)O[C@H](CO)[C@@H]5O)O[C@@H]4C(=O)O)O[C@H](CO)[C@@H](O)[C@@H]3O)[C@H](O)[C@@H](O)[C@@H]2O1. The number of aliphatic hydroxyl groups is 32. The molecule has 36 N–H and O–H groups in total. The Morgan fingerprint density at radius 3 is 0.724 bits per heavy atom. The highest BCUT2D eigenvalue weighted by Crippen LogP contribution is 2.46. The predicted molar refractivity (Wildman–Crippen MR) is 424 cm³/mol. The van der Waals surface area contributed by atoms with Gasteiger partial charge in [0, 0.05) is 13.8 Å². The summed E-state index contributed by atoms with van der Waals surface area (Å²) in [5, 5.41) is 406. The number of aliphatic hydroxyl groups excluding tert-OH is 32. The summed E-state index contributed by atoms with van der Waals surface area (Å²) in [6.45, 7) is -9.89. The van der Waals surface area contributed by atoms with Crippen molar-refractivity contribution in [1.29, 1.82) is 0 Å². The summed E-state index contributed by atoms with van der Waals surface area (Å²) in [6, 6.07) is 0. The Hall–Kier alpha value is -4.48. The van der Waals surface area contributed by atoms with Crippen molar-refractivity contribution >= 4 is 23.9 Å². The summed E-state index contributed by atoms with van der Waals surface area (Å²) in [5.74, 6) is -12.8. The number of carbonyl (C=O) groups is 4. The molecule has 0 saturated carbocycles. The zero-order valence-electron chi connectivity index (χ0n) is 75.5. The number of carboxylic acid groups (broad SMARTS) is 4. The Balaban J connectivity index is 0.764. The van der Waals surface area contributed by atoms with Crippen LogP contribution in [-0.2, 0) is 147 Å². The van der Waals surface area contributed by atoms with E-state index >= 15 is 0 Å². The second-order valence-corrected chi connectivity index (χ2v) is 36.6. The van der Waals surface area contributed by atoms with Crippen LogP contribution in [-0.4, -0.2) is 654 Å². The van der Waals surface area contributed by atoms with Crippen LogP contribution in [0.25, 0.3) is 0 Å². The van der Waals surface area contributed by atoms with E-state index in [-0.39, 0.29) is 0 Å². The summed E-state index contributed by atoms with van der Waals surface area (Å²) >= 11 is 0. The first-order valence-electron chi connectivity index (χ1n) is 45.3. The molecule has 0 aromatic carbocycles. The summed E-state index contributed by atoms with van der Waals surface area (Å²) in [7, 11) is 0. The average molecular weight is 2130 g/mol. The summed E-state index contributed by atoms with van der Waals surface area (Å²) in [6.07, 6.45) is -144. The molecule has 0 bridgehead atoms. The first-order valence-corrected chi connectivity index (χ1v) is 45.3. The van der Waals surface area contributed by atoms with Gasteiger partial charge in [0.25, 0.3) is 11.6 Å². The van der Waals surface area contributed by atoms with Crippen molar-refractivity contribution < 1.29 is 331 Å². The second-order valence-electron chi connectivity index (χ2n) is 36.6. The highest BCUT2D eigenvalue weighted by Gasteiger charge is 2.67. The van der Waals surface area contributed by atoms with Crippen LogP contribution in [0, 0.1) is 0 Å². The molecule has 14 heterocycles. The lowest BCUT2D eigenvalue weighted by atomic mass is 9.94. The van der Waals surface area contributed by atoms with Gasteiger partial charge in [0.15, 0.2) is 87.7 Å². The zero-order chi connectivity index (χ0) is 106. The fourth-order valence-corrected chi connectivity index (χ4v) is 18.8. The number of ether oxygens (including phenoxy) is 27. The average Bonchev–Trinajstić information content (AvgIpc) is 0.745. The Kier molecular flexibility index (Phi) is 38.3. The minimum atomic E-state index is -2.94. The molecule has 67 heteroatoms. The largest absolute Gasteiger partial charge is 0.479 e. The Morgan fingerprint density at radius 1 is 0.221 bits per heavy atom. The summed E-state index contributed by atoms with van der Waals surface area (Å²) in [5.41, 5.74) is 0. The van der Waals surface area contributed by atoms with Crippen molar-refractivity contribution in [3.63, 3.8) is 0 Å². The topological polar surface area (TPSA) is 1050 Å². The third-order valence-electron chi connectivity index (χ3n) is 27.2. The van der Waals surface area contributed by atoms with Gasteiger partial charge in [0.2, 0.25) is 0 Å². The van der Waals surface area contributed by atoms with Crippen LogP contribution in [0.3, 0.4) is 0 Å². The molecule has 0 aromatic rings. The third kappa shape index (κ3) is 23.2. The zero-order valence-corrected chi connectivity index (χ0v) is 75.5. The molecule has 0 aliphatic carbocycles. The van der Waals surface area contributed by atoms with E-state index in [2.05, 4.69) is 0 Å². The van der Waals surface area contributed by atoms with Crippen molar-refractivity contribution in [3.05, 3.63) is 0 Å². The number of rotatable bonds is 34. The van der Waals surface area contributed by atoms with Crippen molar-refractivity contribution in [2.75, 3.05) is 66.1 Å². The van der Waals surface area contributed by atoms with Gasteiger partial charge < -0.3 is 312 Å². The van der Waals surface area contributed by atoms with Crippen molar-refractivity contribution in [3.8, 4) is 0 Å². The lowest BCUT2D eigenvalue weighted by molar-refractivity contribution is -0.420. The molecule has 0 radical (unpaired) electrons. The second kappa shape index (κ2) is 47.9. The molecule has 0 aromatic heterocycles. The van der Waals surface area contributed by atoms with E-state index in [0.29, 0.717) is 0 Å². The molecule has 14 fully saturated rings. The Morgan fingerprint density at radius 2 is 0.434 bits per heavy atom. The molecular weight excluding hydrogens is 2010 g/mol. The molecule has 62 atom stereocenters. The monoisotopic (exact) mass is 2130 g/mol. The molecule has 145 heavy (non-hydrogen) atoms. The third-order valence-corrected chi connectivity index (χ3v) is 27.2. The highest BCUT2D eigenvalue weighted by atomic mass is 16.9. The molecule has 14 aliphatic heterocycles. The molecule has 836 valence electrons. The maximum atomic E-state index is 14.1. The van der Waals surface area contributed by atoms with Gasteiger partial charge >= 0.3 is 23.9 Å². The van der Waals surface area contributed by atoms with Gasteiger partial charge in [-0.2, -0.15) is 0 Å². The van der Waals surface area contributed by atoms with E-state index in [1.807, 2.05) is 0 Å². The number of aliphatic carboxylic acids is 4. The Bertz CT molecular complexity index is 4160. The number of carboxylic acids is 4. The molecule has 0 unspecified atom stereocenters. The van der Waals surface area contributed by atoms with Gasteiger partial charge in [-0.15, -0.1) is 0 Å². The van der Waals surface area contributed by atoms with E-state index in [1.165, 1.54) is 0 Å². The smallest absolute Gasteiger partial charge is 0.364 e. The molecule has 14 rings (SSSR count). The van der Waals surface area contributed by atoms with Gasteiger partial charge in [-0.3, -0.25) is 0 Å². The van der Waals surface area contributed by atoms with E-state index < -0.39 is 470 Å². The Labute approximate surface area is 812 Å². The molecule has 14 saturated heterocycles. The first-order chi connectivity index (χ1) is 68.5. The lowest BCUT2D eigenvalue weighted by Crippen LogP contribution is -2.70. The van der Waals surface area contributed by atoms with Crippen molar-refractivity contribution in [1.82, 2.24) is 0 Å². The van der Waals surface area contributed by atoms with Crippen LogP contribution >= 0.6 is 0 Å². The van der Waals surface area contributed by atoms with Crippen molar-refractivity contribution in [2.45, 2.75) is 394 Å². The van der Waals surface area contributed by atoms with Crippen LogP contribution in [0.4, 0.5) is 0 Å². The van der Waals surface area contributed by atoms with Crippen molar-refractivity contribution in [2.24, 2.45) is 0 Å². The highest BCUT2D eigenvalue weighted by molar-refractivity contribution is 5.76. The molecule has 67 nitrogen and oxygen atoms in total. The normalized spacial score (nSPS) is 53.2. The van der Waals surface area contributed by atoms with Gasteiger partial charge in [-0.1, -0.05) is 0 Å². The maximum Gasteiger partial charge on any atom is 0.364 e. The fraction of sp³-hybridized carbons (Fsp3) is 0.949. The van der Waals surface area contributed by atoms with Crippen LogP contribution in [0.1, 0.15) is 13.8 Å². The quantitative estimate of drug-likeness (QED) is 0.0284. The van der Waals surface area contributed by atoms with E-state index in [0.717, 1.165) is 13.8 Å². The first kappa shape index (κ1) is 116. The standard InChI is InChI=1S/C78H122O67/c1-77(75(115)116)119-11-21-46(144-77)35(99)38(102)65(129-21)137-55-33(97)25(89)15(5-81)127-73(55)140-57-52(44(108)70(142-59(57)61(110)111)131-48-27(91)17(7-83)121-63(114)40(48)104)136-68-43(107)51(30(94)20(10-86)124-68)134-72-54(32(96)24(88)14(4-80)126-72)139-69-42(106)50(29(93)19(9-85)125-69)133-71-45(109)53(135-67-41(105)49(28(92)18(8-84)123-67)132-64-37(101)31(95)23(87)13(3-79)122-64)58(60(143-71)62(112)113)141-74-56(34(98)26(90)16(6-82)128-74)138-66-39(103)36(100)47-22(130-66)12-120-78(2,145-47)76(117)118/h13-60,63-74,79-109,114H,3-12H2,1-2H3,(H,110,111)(H,112,113)(H,115,116)(H,117,118)/t13-,14-,15-,16-,17-,18-,19-,20-,21-,22-,23-,24-,25-,26-,27+,28-,29+,30-,31+,32+,33+,34+,35-,36-,37+,38-,39-,40-,41-,42-,43-,44-,45-,46-,47-,48+,49+,50+,51+,52-,53-,54+,55+,56+,57+,58+,59+,60+,63-,64-,65+,66+,67+,68+,69+,70-,71-,72-,73-,74-,77-,78-/m1/s1. The molecule has 14 aliphatic rings. The molecule has 0 spiro atoms. The summed E-state index contributed by atoms with van der Waals surface area (Å²) in [4.78, 5) is 52.1. The van der Waals surface area contributed by atoms with Gasteiger partial charge in [-0.25, -0.2) is 19.2 Å². The minimum Gasteiger partial charge on any atom is -0.479 e. The fourth-order valence-electron chi connectivity index (χ4n) is 18.8. The van der Waals surface area contributed by atoms with Crippen LogP contribution in [0.2, 0.25) is 0 Å². The van der Waals surface area contributed by atoms with E-state index in [4.69, 9.17) is 128 Å². The molecule has 0 amide bonds. The van der Waals surface area contributed by atoms with Gasteiger partial charge in [0.1, 0.15) is 281 Å². The number of hydrogen-bond donors (Lipinski definition) is 36. The number of fused-ring (bicyclic) bond motifs is 2. The van der Waals surface area contributed by atoms with Gasteiger partial charge in [-0.05, 0) is 0 Å². The maximum absolute atomic E-state index is 14.1. The summed E-state index contributed by atoms with van der Waals surface area (Å²) < 4.78 is 156. The lowest BCUT2D eigenvalue weighted by Gasteiger charge is -2.52. The van der Waals surface area contributed by atoms with Crippen LogP contribution in [0.15, 0.2) is 0 Å². The number of hydrogen-bond acceptors (Lipinski definition) is 63. The van der Waals surface area contributed by atoms with E-state index in [9.17, 15) is 203 Å². The van der Waals surface area contributed by atoms with E-state index in [1.54, 1.807) is 0 Å². The van der Waals surface area contributed by atoms with Crippen LogP contribution < -0.4 is 0 Å². The van der Waals surface area contributed by atoms with Gasteiger partial charge in [0.05, 0.1) is 66.1 Å². The minimum absolute atomic E-state index is 0.730. The molecular formula is C78H122O67. The van der Waals surface area contributed by atoms with Crippen LogP contribution in [0.5, 0.6) is 0 Å².